The van der Waals surface area contributed by atoms with Crippen LogP contribution in [0.5, 0.6) is 0 Å². The van der Waals surface area contributed by atoms with Crippen LogP contribution in [0.25, 0.3) is 11.5 Å². The third-order valence-electron chi connectivity index (χ3n) is 4.54. The highest BCUT2D eigenvalue weighted by Gasteiger charge is 2.20. The number of sulfonamides is 1. The minimum atomic E-state index is -3.59. The lowest BCUT2D eigenvalue weighted by Crippen LogP contribution is -2.27. The van der Waals surface area contributed by atoms with Gasteiger partial charge in [-0.3, -0.25) is 4.79 Å². The Balaban J connectivity index is 1.57. The summed E-state index contributed by atoms with van der Waals surface area (Å²) in [6.07, 6.45) is 0.445. The number of aromatic nitrogens is 2. The van der Waals surface area contributed by atoms with Gasteiger partial charge in [-0.15, -0.1) is 10.2 Å². The first-order chi connectivity index (χ1) is 14.3. The highest BCUT2D eigenvalue weighted by molar-refractivity contribution is 7.89. The van der Waals surface area contributed by atoms with E-state index in [2.05, 4.69) is 15.5 Å². The summed E-state index contributed by atoms with van der Waals surface area (Å²) in [6, 6.07) is 14.3. The van der Waals surface area contributed by atoms with E-state index in [0.29, 0.717) is 23.8 Å². The summed E-state index contributed by atoms with van der Waals surface area (Å²) in [5.41, 5.74) is 2.48. The number of rotatable bonds is 8. The van der Waals surface area contributed by atoms with Gasteiger partial charge in [-0.25, -0.2) is 12.7 Å². The fraction of sp³-hybridized carbons (Fsp3) is 0.286. The van der Waals surface area contributed by atoms with Gasteiger partial charge in [0.1, 0.15) is 0 Å². The molecule has 1 aromatic heterocycles. The van der Waals surface area contributed by atoms with Crippen LogP contribution in [-0.2, 0) is 27.8 Å². The van der Waals surface area contributed by atoms with Crippen LogP contribution in [0.1, 0.15) is 23.4 Å². The number of carbonyl (C=O) groups excluding carboxylic acids is 1. The number of carbonyl (C=O) groups is 1. The number of hydrogen-bond acceptors (Lipinski definition) is 6. The van der Waals surface area contributed by atoms with Gasteiger partial charge in [0.25, 0.3) is 0 Å². The van der Waals surface area contributed by atoms with Crippen molar-refractivity contribution in [2.24, 2.45) is 0 Å². The Bertz CT molecular complexity index is 1120. The van der Waals surface area contributed by atoms with E-state index in [0.717, 1.165) is 15.4 Å². The molecule has 3 aromatic rings. The number of nitrogens with one attached hydrogen (secondary N) is 1. The Morgan fingerprint density at radius 2 is 1.77 bits per heavy atom. The van der Waals surface area contributed by atoms with Gasteiger partial charge in [0.05, 0.1) is 4.90 Å². The lowest BCUT2D eigenvalue weighted by Gasteiger charge is -2.15. The minimum absolute atomic E-state index is 0.112. The molecule has 1 N–H and O–H groups in total. The van der Waals surface area contributed by atoms with Gasteiger partial charge in [0.15, 0.2) is 0 Å². The second-order valence-corrected chi connectivity index (χ2v) is 9.16. The first kappa shape index (κ1) is 21.7. The zero-order valence-electron chi connectivity index (χ0n) is 17.1. The molecule has 30 heavy (non-hydrogen) atoms. The minimum Gasteiger partial charge on any atom is -0.421 e. The van der Waals surface area contributed by atoms with Crippen LogP contribution in [0.15, 0.2) is 57.8 Å². The van der Waals surface area contributed by atoms with Gasteiger partial charge in [0.2, 0.25) is 27.7 Å². The summed E-state index contributed by atoms with van der Waals surface area (Å²) < 4.78 is 31.6. The van der Waals surface area contributed by atoms with Crippen LogP contribution in [0, 0.1) is 6.92 Å². The Labute approximate surface area is 176 Å². The maximum Gasteiger partial charge on any atom is 0.247 e. The molecule has 0 atom stereocenters. The third-order valence-corrected chi connectivity index (χ3v) is 6.45. The van der Waals surface area contributed by atoms with Crippen molar-refractivity contribution in [3.05, 3.63) is 65.5 Å². The predicted octanol–water partition coefficient (Wildman–Crippen LogP) is 2.54. The number of nitrogens with zero attached hydrogens (tertiary/aromatic N) is 3. The van der Waals surface area contributed by atoms with Crippen LogP contribution >= 0.6 is 0 Å². The maximum atomic E-state index is 12.4. The molecule has 0 saturated carbocycles. The Hall–Kier alpha value is -3.04. The maximum absolute atomic E-state index is 12.4. The molecule has 0 aliphatic rings. The monoisotopic (exact) mass is 428 g/mol. The number of aryl methyl sites for hydroxylation is 2. The van der Waals surface area contributed by atoms with E-state index < -0.39 is 10.0 Å². The van der Waals surface area contributed by atoms with Crippen molar-refractivity contribution in [2.75, 3.05) is 14.1 Å². The molecule has 3 rings (SSSR count). The molecule has 0 unspecified atom stereocenters. The molecular weight excluding hydrogens is 404 g/mol. The summed E-state index contributed by atoms with van der Waals surface area (Å²) in [5.74, 6) is 0.548. The van der Waals surface area contributed by atoms with Crippen molar-refractivity contribution < 1.29 is 17.6 Å². The van der Waals surface area contributed by atoms with Crippen LogP contribution < -0.4 is 5.32 Å². The van der Waals surface area contributed by atoms with Crippen molar-refractivity contribution in [1.29, 1.82) is 0 Å². The molecule has 158 valence electrons. The molecule has 2 aromatic carbocycles. The molecule has 0 aliphatic heterocycles. The molecule has 0 bridgehead atoms. The van der Waals surface area contributed by atoms with Crippen molar-refractivity contribution >= 4 is 15.9 Å². The van der Waals surface area contributed by atoms with Crippen molar-refractivity contribution in [1.82, 2.24) is 19.8 Å². The van der Waals surface area contributed by atoms with Crippen molar-refractivity contribution in [3.63, 3.8) is 0 Å². The highest BCUT2D eigenvalue weighted by Crippen LogP contribution is 2.20. The van der Waals surface area contributed by atoms with E-state index in [1.807, 2.05) is 31.2 Å². The normalized spacial score (nSPS) is 11.6. The third kappa shape index (κ3) is 5.11. The summed E-state index contributed by atoms with van der Waals surface area (Å²) in [7, 11) is -0.644. The fourth-order valence-electron chi connectivity index (χ4n) is 2.77. The number of benzene rings is 2. The summed E-state index contributed by atoms with van der Waals surface area (Å²) in [5, 5.41) is 10.8. The lowest BCUT2D eigenvalue weighted by atomic mass is 10.1. The van der Waals surface area contributed by atoms with Gasteiger partial charge in [0, 0.05) is 39.0 Å². The van der Waals surface area contributed by atoms with E-state index in [4.69, 9.17) is 4.42 Å². The molecule has 0 spiro atoms. The first-order valence-electron chi connectivity index (χ1n) is 9.44. The quantitative estimate of drug-likeness (QED) is 0.591. The van der Waals surface area contributed by atoms with Gasteiger partial charge in [-0.1, -0.05) is 35.9 Å². The standard InChI is InChI=1S/C21H24N4O4S/c1-15-8-10-16(11-9-15)21-24-23-20(29-21)13-12-19(26)22-14-17-6-4-5-7-18(17)30(27,28)25(2)3/h4-11H,12-14H2,1-3H3,(H,22,26). The smallest absolute Gasteiger partial charge is 0.247 e. The number of hydrogen-bond donors (Lipinski definition) is 1. The van der Waals surface area contributed by atoms with Gasteiger partial charge >= 0.3 is 0 Å². The topological polar surface area (TPSA) is 105 Å². The lowest BCUT2D eigenvalue weighted by molar-refractivity contribution is -0.121. The second kappa shape index (κ2) is 9.19. The Kier molecular flexibility index (Phi) is 6.63. The molecule has 1 heterocycles. The van der Waals surface area contributed by atoms with Gasteiger partial charge in [-0.2, -0.15) is 0 Å². The zero-order valence-corrected chi connectivity index (χ0v) is 17.9. The van der Waals surface area contributed by atoms with Gasteiger partial charge in [-0.05, 0) is 30.7 Å². The molecule has 8 nitrogen and oxygen atoms in total. The van der Waals surface area contributed by atoms with Crippen molar-refractivity contribution in [3.8, 4) is 11.5 Å². The SMILES string of the molecule is Cc1ccc(-c2nnc(CCC(=O)NCc3ccccc3S(=O)(=O)N(C)C)o2)cc1. The average molecular weight is 429 g/mol. The molecule has 0 saturated heterocycles. The molecule has 1 amide bonds. The van der Waals surface area contributed by atoms with Gasteiger partial charge < -0.3 is 9.73 Å². The van der Waals surface area contributed by atoms with E-state index in [9.17, 15) is 13.2 Å². The van der Waals surface area contributed by atoms with Crippen LogP contribution in [0.4, 0.5) is 0 Å². The second-order valence-electron chi connectivity index (χ2n) is 7.04. The Morgan fingerprint density at radius 1 is 1.07 bits per heavy atom. The van der Waals surface area contributed by atoms with E-state index in [1.165, 1.54) is 20.2 Å². The molecule has 0 radical (unpaired) electrons. The predicted molar refractivity (Wildman–Crippen MR) is 112 cm³/mol. The highest BCUT2D eigenvalue weighted by atomic mass is 32.2. The Morgan fingerprint density at radius 3 is 2.47 bits per heavy atom. The zero-order chi connectivity index (χ0) is 21.7. The summed E-state index contributed by atoms with van der Waals surface area (Å²) in [6.45, 7) is 2.11. The van der Waals surface area contributed by atoms with Crippen LogP contribution in [-0.4, -0.2) is 42.9 Å². The van der Waals surface area contributed by atoms with E-state index >= 15 is 0 Å². The molecule has 0 aliphatic carbocycles. The molecule has 0 fully saturated rings. The van der Waals surface area contributed by atoms with Crippen molar-refractivity contribution in [2.45, 2.75) is 31.2 Å². The van der Waals surface area contributed by atoms with Crippen LogP contribution in [0.3, 0.4) is 0 Å². The fourth-order valence-corrected chi connectivity index (χ4v) is 3.88. The molecule has 9 heteroatoms. The molecular formula is C21H24N4O4S. The largest absolute Gasteiger partial charge is 0.421 e. The summed E-state index contributed by atoms with van der Waals surface area (Å²) >= 11 is 0. The summed E-state index contributed by atoms with van der Waals surface area (Å²) in [4.78, 5) is 12.4. The number of amides is 1. The van der Waals surface area contributed by atoms with E-state index in [1.54, 1.807) is 18.2 Å². The average Bonchev–Trinajstić information content (AvgIpc) is 3.20. The van der Waals surface area contributed by atoms with E-state index in [-0.39, 0.29) is 23.8 Å². The first-order valence-corrected chi connectivity index (χ1v) is 10.9. The van der Waals surface area contributed by atoms with Crippen LogP contribution in [0.2, 0.25) is 0 Å².